The zero-order chi connectivity index (χ0) is 17.8. The lowest BCUT2D eigenvalue weighted by Gasteiger charge is -2.23. The van der Waals surface area contributed by atoms with Crippen LogP contribution in [0.1, 0.15) is 26.7 Å². The fraction of sp³-hybridized carbons (Fsp3) is 0.474. The number of anilines is 2. The van der Waals surface area contributed by atoms with Crippen molar-refractivity contribution >= 4 is 34.8 Å². The van der Waals surface area contributed by atoms with Gasteiger partial charge >= 0.3 is 0 Å². The Hall–Kier alpha value is -1.52. The first kappa shape index (κ1) is 16.9. The molecular formula is C19H22Cl2N4. The number of fused-ring (bicyclic) bond motifs is 1. The molecule has 4 rings (SSSR count). The molecule has 1 aromatic heterocycles. The van der Waals surface area contributed by atoms with Crippen LogP contribution in [0.2, 0.25) is 10.0 Å². The highest BCUT2D eigenvalue weighted by Crippen LogP contribution is 2.49. The van der Waals surface area contributed by atoms with Crippen molar-refractivity contribution < 1.29 is 0 Å². The van der Waals surface area contributed by atoms with Crippen molar-refractivity contribution in [3.63, 3.8) is 0 Å². The molecule has 4 nitrogen and oxygen atoms in total. The summed E-state index contributed by atoms with van der Waals surface area (Å²) in [5.41, 5.74) is 7.96. The molecule has 1 aliphatic carbocycles. The van der Waals surface area contributed by atoms with E-state index in [0.717, 1.165) is 30.7 Å². The molecule has 2 aliphatic rings. The molecule has 2 heterocycles. The summed E-state index contributed by atoms with van der Waals surface area (Å²) in [6.45, 7) is 6.83. The molecule has 2 aromatic rings. The van der Waals surface area contributed by atoms with Crippen LogP contribution in [0.5, 0.6) is 0 Å². The molecule has 2 fully saturated rings. The van der Waals surface area contributed by atoms with Crippen molar-refractivity contribution in [3.8, 4) is 11.3 Å². The first-order valence-corrected chi connectivity index (χ1v) is 9.41. The summed E-state index contributed by atoms with van der Waals surface area (Å²) in [6, 6.07) is 5.44. The molecule has 0 radical (unpaired) electrons. The molecule has 0 spiro atoms. The Balaban J connectivity index is 1.58. The number of nitrogens with zero attached hydrogens (tertiary/aromatic N) is 3. The maximum Gasteiger partial charge on any atom is 0.152 e. The minimum atomic E-state index is 0.388. The Morgan fingerprint density at radius 3 is 2.48 bits per heavy atom. The van der Waals surface area contributed by atoms with Gasteiger partial charge in [0.2, 0.25) is 0 Å². The molecule has 0 bridgehead atoms. The van der Waals surface area contributed by atoms with E-state index in [0.29, 0.717) is 32.5 Å². The molecule has 0 unspecified atom stereocenters. The van der Waals surface area contributed by atoms with Gasteiger partial charge < -0.3 is 10.6 Å². The largest absolute Gasteiger partial charge is 0.382 e. The Bertz CT molecular complexity index is 805. The number of aromatic nitrogens is 2. The standard InChI is InChI=1S/C19H22Cl2N4/c1-19(2)6-11-9-25(10-12(11)7-19)15-8-23-17(18(22)24-15)13-4-3-5-14(20)16(13)21/h3-5,8,11-12H,6-7,9-10H2,1-2H3,(H2,22,24)/t11-,12+. The second-order valence-corrected chi connectivity index (χ2v) is 8.85. The van der Waals surface area contributed by atoms with Crippen LogP contribution in [-0.2, 0) is 0 Å². The minimum absolute atomic E-state index is 0.388. The molecule has 1 saturated carbocycles. The highest BCUT2D eigenvalue weighted by molar-refractivity contribution is 6.43. The fourth-order valence-corrected chi connectivity index (χ4v) is 4.92. The number of nitrogens with two attached hydrogens (primary N) is 1. The molecule has 2 N–H and O–H groups in total. The average molecular weight is 377 g/mol. The summed E-state index contributed by atoms with van der Waals surface area (Å²) in [5, 5.41) is 0.940. The predicted molar refractivity (Wildman–Crippen MR) is 104 cm³/mol. The highest BCUT2D eigenvalue weighted by atomic mass is 35.5. The number of nitrogen functional groups attached to an aromatic ring is 1. The fourth-order valence-electron chi connectivity index (χ4n) is 4.53. The Kier molecular flexibility index (Phi) is 4.08. The molecule has 0 amide bonds. The van der Waals surface area contributed by atoms with Crippen LogP contribution in [0.25, 0.3) is 11.3 Å². The van der Waals surface area contributed by atoms with E-state index in [-0.39, 0.29) is 0 Å². The lowest BCUT2D eigenvalue weighted by Crippen LogP contribution is -2.24. The van der Waals surface area contributed by atoms with Gasteiger partial charge in [0, 0.05) is 18.7 Å². The minimum Gasteiger partial charge on any atom is -0.382 e. The maximum absolute atomic E-state index is 6.29. The van der Waals surface area contributed by atoms with Gasteiger partial charge in [-0.2, -0.15) is 0 Å². The molecule has 6 heteroatoms. The van der Waals surface area contributed by atoms with E-state index < -0.39 is 0 Å². The third-order valence-electron chi connectivity index (χ3n) is 5.52. The Morgan fingerprint density at radius 2 is 1.84 bits per heavy atom. The van der Waals surface area contributed by atoms with Crippen LogP contribution < -0.4 is 10.6 Å². The van der Waals surface area contributed by atoms with Crippen molar-refractivity contribution in [1.82, 2.24) is 9.97 Å². The summed E-state index contributed by atoms with van der Waals surface area (Å²) < 4.78 is 0. The van der Waals surface area contributed by atoms with Crippen molar-refractivity contribution in [2.75, 3.05) is 23.7 Å². The first-order chi connectivity index (χ1) is 11.8. The number of halogens is 2. The molecule has 1 saturated heterocycles. The zero-order valence-electron chi connectivity index (χ0n) is 14.5. The highest BCUT2D eigenvalue weighted by Gasteiger charge is 2.44. The molecule has 1 aliphatic heterocycles. The Labute approximate surface area is 158 Å². The topological polar surface area (TPSA) is 55.0 Å². The van der Waals surface area contributed by atoms with Crippen molar-refractivity contribution in [2.24, 2.45) is 17.3 Å². The maximum atomic E-state index is 6.29. The quantitative estimate of drug-likeness (QED) is 0.808. The van der Waals surface area contributed by atoms with Gasteiger partial charge in [-0.25, -0.2) is 9.97 Å². The number of rotatable bonds is 2. The summed E-state index contributed by atoms with van der Waals surface area (Å²) in [4.78, 5) is 11.5. The van der Waals surface area contributed by atoms with Gasteiger partial charge in [0.25, 0.3) is 0 Å². The summed E-state index contributed by atoms with van der Waals surface area (Å²) in [7, 11) is 0. The van der Waals surface area contributed by atoms with Crippen LogP contribution in [-0.4, -0.2) is 23.1 Å². The van der Waals surface area contributed by atoms with Gasteiger partial charge in [0.05, 0.1) is 16.2 Å². The van der Waals surface area contributed by atoms with E-state index in [1.165, 1.54) is 12.8 Å². The van der Waals surface area contributed by atoms with Gasteiger partial charge in [-0.05, 0) is 36.2 Å². The molecular weight excluding hydrogens is 355 g/mol. The van der Waals surface area contributed by atoms with E-state index in [9.17, 15) is 0 Å². The Morgan fingerprint density at radius 1 is 1.16 bits per heavy atom. The van der Waals surface area contributed by atoms with Crippen molar-refractivity contribution in [2.45, 2.75) is 26.7 Å². The number of hydrogen-bond acceptors (Lipinski definition) is 4. The van der Waals surface area contributed by atoms with Crippen LogP contribution >= 0.6 is 23.2 Å². The van der Waals surface area contributed by atoms with Gasteiger partial charge in [0.1, 0.15) is 11.5 Å². The predicted octanol–water partition coefficient (Wildman–Crippen LogP) is 4.91. The second-order valence-electron chi connectivity index (χ2n) is 8.06. The second kappa shape index (κ2) is 6.03. The van der Waals surface area contributed by atoms with Crippen LogP contribution in [0.15, 0.2) is 24.4 Å². The SMILES string of the molecule is CC1(C)C[C@H]2CN(c3cnc(-c4cccc(Cl)c4Cl)c(N)n3)C[C@H]2C1. The zero-order valence-corrected chi connectivity index (χ0v) is 16.0. The van der Waals surface area contributed by atoms with E-state index in [1.54, 1.807) is 12.3 Å². The third-order valence-corrected chi connectivity index (χ3v) is 6.34. The summed E-state index contributed by atoms with van der Waals surface area (Å²) in [6.07, 6.45) is 4.37. The molecule has 1 aromatic carbocycles. The molecule has 2 atom stereocenters. The lowest BCUT2D eigenvalue weighted by atomic mass is 9.90. The van der Waals surface area contributed by atoms with E-state index in [4.69, 9.17) is 28.9 Å². The summed E-state index contributed by atoms with van der Waals surface area (Å²) >= 11 is 12.4. The van der Waals surface area contributed by atoms with E-state index in [2.05, 4.69) is 28.7 Å². The van der Waals surface area contributed by atoms with Gasteiger partial charge in [-0.1, -0.05) is 49.2 Å². The van der Waals surface area contributed by atoms with E-state index >= 15 is 0 Å². The smallest absolute Gasteiger partial charge is 0.152 e. The van der Waals surface area contributed by atoms with Gasteiger partial charge in [-0.15, -0.1) is 0 Å². The number of hydrogen-bond donors (Lipinski definition) is 1. The van der Waals surface area contributed by atoms with Gasteiger partial charge in [0.15, 0.2) is 5.82 Å². The van der Waals surface area contributed by atoms with E-state index in [1.807, 2.05) is 12.1 Å². The molecule has 132 valence electrons. The van der Waals surface area contributed by atoms with Crippen molar-refractivity contribution in [3.05, 3.63) is 34.4 Å². The third kappa shape index (κ3) is 3.06. The lowest BCUT2D eigenvalue weighted by molar-refractivity contribution is 0.352. The first-order valence-electron chi connectivity index (χ1n) is 8.66. The average Bonchev–Trinajstić information content (AvgIpc) is 3.04. The van der Waals surface area contributed by atoms with Crippen LogP contribution in [0.3, 0.4) is 0 Å². The normalized spacial score (nSPS) is 24.6. The number of benzene rings is 1. The van der Waals surface area contributed by atoms with Crippen LogP contribution in [0, 0.1) is 17.3 Å². The monoisotopic (exact) mass is 376 g/mol. The van der Waals surface area contributed by atoms with Crippen molar-refractivity contribution in [1.29, 1.82) is 0 Å². The molecule has 25 heavy (non-hydrogen) atoms. The summed E-state index contributed by atoms with van der Waals surface area (Å²) in [5.74, 6) is 2.74. The van der Waals surface area contributed by atoms with Gasteiger partial charge in [-0.3, -0.25) is 0 Å². The van der Waals surface area contributed by atoms with Crippen LogP contribution in [0.4, 0.5) is 11.6 Å².